The SMILES string of the molecule is COc1ccc(C2CCCNC2)cc1OC1CCSCC1. The first-order valence-corrected chi connectivity index (χ1v) is 9.15. The Morgan fingerprint density at radius 3 is 2.71 bits per heavy atom. The van der Waals surface area contributed by atoms with Crippen molar-refractivity contribution in [2.45, 2.75) is 37.7 Å². The van der Waals surface area contributed by atoms with Gasteiger partial charge >= 0.3 is 0 Å². The van der Waals surface area contributed by atoms with E-state index < -0.39 is 0 Å². The molecule has 1 atom stereocenters. The highest BCUT2D eigenvalue weighted by molar-refractivity contribution is 7.99. The number of benzene rings is 1. The molecule has 0 saturated carbocycles. The van der Waals surface area contributed by atoms with Crippen molar-refractivity contribution < 1.29 is 9.47 Å². The van der Waals surface area contributed by atoms with Crippen LogP contribution >= 0.6 is 11.8 Å². The Bertz CT molecular complexity index is 454. The van der Waals surface area contributed by atoms with Gasteiger partial charge in [-0.1, -0.05) is 6.07 Å². The van der Waals surface area contributed by atoms with Crippen LogP contribution in [0.4, 0.5) is 0 Å². The second-order valence-electron chi connectivity index (χ2n) is 5.88. The number of rotatable bonds is 4. The number of nitrogens with one attached hydrogen (secondary N) is 1. The van der Waals surface area contributed by atoms with Gasteiger partial charge in [-0.05, 0) is 67.3 Å². The Balaban J connectivity index is 1.75. The molecule has 21 heavy (non-hydrogen) atoms. The summed E-state index contributed by atoms with van der Waals surface area (Å²) in [6, 6.07) is 6.47. The molecular formula is C17H25NO2S. The molecule has 2 fully saturated rings. The Morgan fingerprint density at radius 2 is 2.00 bits per heavy atom. The number of thioether (sulfide) groups is 1. The maximum Gasteiger partial charge on any atom is 0.161 e. The molecule has 3 nitrogen and oxygen atoms in total. The van der Waals surface area contributed by atoms with Crippen molar-refractivity contribution in [2.75, 3.05) is 31.7 Å². The Labute approximate surface area is 131 Å². The largest absolute Gasteiger partial charge is 0.493 e. The van der Waals surface area contributed by atoms with Crippen molar-refractivity contribution in [3.63, 3.8) is 0 Å². The van der Waals surface area contributed by atoms with Gasteiger partial charge in [-0.15, -0.1) is 0 Å². The quantitative estimate of drug-likeness (QED) is 0.923. The molecule has 0 aromatic heterocycles. The number of hydrogen-bond donors (Lipinski definition) is 1. The predicted molar refractivity (Wildman–Crippen MR) is 88.8 cm³/mol. The van der Waals surface area contributed by atoms with Crippen LogP contribution in [0.5, 0.6) is 11.5 Å². The highest BCUT2D eigenvalue weighted by atomic mass is 32.2. The lowest BCUT2D eigenvalue weighted by molar-refractivity contribution is 0.184. The fourth-order valence-electron chi connectivity index (χ4n) is 3.15. The Kier molecular flexibility index (Phi) is 5.31. The van der Waals surface area contributed by atoms with Gasteiger partial charge in [-0.2, -0.15) is 11.8 Å². The molecule has 0 radical (unpaired) electrons. The third-order valence-corrected chi connectivity index (χ3v) is 5.47. The van der Waals surface area contributed by atoms with Crippen LogP contribution in [0.15, 0.2) is 18.2 Å². The molecule has 1 aromatic carbocycles. The lowest BCUT2D eigenvalue weighted by atomic mass is 9.91. The molecule has 116 valence electrons. The van der Waals surface area contributed by atoms with Crippen molar-refractivity contribution in [1.82, 2.24) is 5.32 Å². The lowest BCUT2D eigenvalue weighted by Gasteiger charge is -2.26. The Hall–Kier alpha value is -0.870. The highest BCUT2D eigenvalue weighted by Gasteiger charge is 2.20. The average Bonchev–Trinajstić information content (AvgIpc) is 2.56. The summed E-state index contributed by atoms with van der Waals surface area (Å²) in [5.74, 6) is 4.81. The minimum Gasteiger partial charge on any atom is -0.493 e. The van der Waals surface area contributed by atoms with Crippen LogP contribution in [0.3, 0.4) is 0 Å². The molecule has 0 spiro atoms. The first-order chi connectivity index (χ1) is 10.4. The van der Waals surface area contributed by atoms with Gasteiger partial charge in [0.25, 0.3) is 0 Å². The molecular weight excluding hydrogens is 282 g/mol. The van der Waals surface area contributed by atoms with E-state index in [1.165, 1.54) is 29.9 Å². The van der Waals surface area contributed by atoms with Crippen molar-refractivity contribution in [3.05, 3.63) is 23.8 Å². The van der Waals surface area contributed by atoms with Crippen LogP contribution in [-0.2, 0) is 0 Å². The van der Waals surface area contributed by atoms with E-state index in [1.807, 2.05) is 11.8 Å². The number of ether oxygens (including phenoxy) is 2. The van der Waals surface area contributed by atoms with E-state index in [0.29, 0.717) is 12.0 Å². The Morgan fingerprint density at radius 1 is 1.14 bits per heavy atom. The van der Waals surface area contributed by atoms with Gasteiger partial charge < -0.3 is 14.8 Å². The summed E-state index contributed by atoms with van der Waals surface area (Å²) < 4.78 is 11.7. The van der Waals surface area contributed by atoms with Gasteiger partial charge in [0.15, 0.2) is 11.5 Å². The minimum absolute atomic E-state index is 0.347. The first kappa shape index (κ1) is 15.0. The van der Waals surface area contributed by atoms with Gasteiger partial charge in [0, 0.05) is 6.54 Å². The topological polar surface area (TPSA) is 30.5 Å². The number of hydrogen-bond acceptors (Lipinski definition) is 4. The van der Waals surface area contributed by atoms with Gasteiger partial charge in [0.2, 0.25) is 0 Å². The van der Waals surface area contributed by atoms with Crippen LogP contribution < -0.4 is 14.8 Å². The average molecular weight is 307 g/mol. The van der Waals surface area contributed by atoms with Crippen molar-refractivity contribution in [2.24, 2.45) is 0 Å². The predicted octanol–water partition coefficient (Wildman–Crippen LogP) is 3.44. The van der Waals surface area contributed by atoms with E-state index in [4.69, 9.17) is 9.47 Å². The van der Waals surface area contributed by atoms with Crippen LogP contribution in [0.1, 0.15) is 37.2 Å². The maximum absolute atomic E-state index is 6.25. The van der Waals surface area contributed by atoms with Crippen molar-refractivity contribution in [3.8, 4) is 11.5 Å². The van der Waals surface area contributed by atoms with E-state index in [0.717, 1.165) is 37.4 Å². The van der Waals surface area contributed by atoms with Crippen LogP contribution in [0, 0.1) is 0 Å². The van der Waals surface area contributed by atoms with Crippen LogP contribution in [0.2, 0.25) is 0 Å². The molecule has 1 aromatic rings. The molecule has 1 unspecified atom stereocenters. The molecule has 2 aliphatic rings. The molecule has 2 saturated heterocycles. The fraction of sp³-hybridized carbons (Fsp3) is 0.647. The summed E-state index contributed by atoms with van der Waals surface area (Å²) in [6.45, 7) is 2.22. The molecule has 2 aliphatic heterocycles. The van der Waals surface area contributed by atoms with E-state index in [9.17, 15) is 0 Å². The zero-order valence-corrected chi connectivity index (χ0v) is 13.6. The van der Waals surface area contributed by atoms with Gasteiger partial charge in [-0.3, -0.25) is 0 Å². The lowest BCUT2D eigenvalue weighted by Crippen LogP contribution is -2.28. The number of piperidine rings is 1. The van der Waals surface area contributed by atoms with E-state index in [1.54, 1.807) is 7.11 Å². The van der Waals surface area contributed by atoms with Crippen LogP contribution in [-0.4, -0.2) is 37.8 Å². The minimum atomic E-state index is 0.347. The van der Waals surface area contributed by atoms with Gasteiger partial charge in [0.1, 0.15) is 6.10 Å². The van der Waals surface area contributed by atoms with Crippen LogP contribution in [0.25, 0.3) is 0 Å². The first-order valence-electron chi connectivity index (χ1n) is 8.00. The third-order valence-electron chi connectivity index (χ3n) is 4.42. The third kappa shape index (κ3) is 3.86. The van der Waals surface area contributed by atoms with Gasteiger partial charge in [0.05, 0.1) is 7.11 Å². The molecule has 1 N–H and O–H groups in total. The van der Waals surface area contributed by atoms with E-state index >= 15 is 0 Å². The summed E-state index contributed by atoms with van der Waals surface area (Å²) >= 11 is 2.03. The molecule has 4 heteroatoms. The van der Waals surface area contributed by atoms with Crippen molar-refractivity contribution in [1.29, 1.82) is 0 Å². The zero-order chi connectivity index (χ0) is 14.5. The standard InChI is InChI=1S/C17H25NO2S/c1-19-16-5-4-13(14-3-2-8-18-12-14)11-17(16)20-15-6-9-21-10-7-15/h4-5,11,14-15,18H,2-3,6-10,12H2,1H3. The zero-order valence-electron chi connectivity index (χ0n) is 12.8. The molecule has 3 rings (SSSR count). The monoisotopic (exact) mass is 307 g/mol. The number of methoxy groups -OCH3 is 1. The summed E-state index contributed by atoms with van der Waals surface area (Å²) in [7, 11) is 1.72. The fourth-order valence-corrected chi connectivity index (χ4v) is 4.21. The second kappa shape index (κ2) is 7.41. The summed E-state index contributed by atoms with van der Waals surface area (Å²) in [4.78, 5) is 0. The molecule has 2 heterocycles. The van der Waals surface area contributed by atoms with Crippen molar-refractivity contribution >= 4 is 11.8 Å². The van der Waals surface area contributed by atoms with E-state index in [2.05, 4.69) is 23.5 Å². The van der Waals surface area contributed by atoms with E-state index in [-0.39, 0.29) is 0 Å². The van der Waals surface area contributed by atoms with Gasteiger partial charge in [-0.25, -0.2) is 0 Å². The molecule has 0 bridgehead atoms. The molecule has 0 amide bonds. The smallest absolute Gasteiger partial charge is 0.161 e. The maximum atomic E-state index is 6.25. The summed E-state index contributed by atoms with van der Waals surface area (Å²) in [5.41, 5.74) is 1.38. The molecule has 0 aliphatic carbocycles. The summed E-state index contributed by atoms with van der Waals surface area (Å²) in [6.07, 6.45) is 5.15. The summed E-state index contributed by atoms with van der Waals surface area (Å²) in [5, 5.41) is 3.49. The normalized spacial score (nSPS) is 23.8. The second-order valence-corrected chi connectivity index (χ2v) is 7.11. The highest BCUT2D eigenvalue weighted by Crippen LogP contribution is 2.35.